The molecule has 1 aliphatic heterocycles. The van der Waals surface area contributed by atoms with Crippen molar-refractivity contribution in [3.8, 4) is 6.07 Å². The number of nitriles is 1. The molecule has 0 amide bonds. The second-order valence-corrected chi connectivity index (χ2v) is 5.98. The van der Waals surface area contributed by atoms with Crippen molar-refractivity contribution in [3.63, 3.8) is 0 Å². The molecule has 0 spiro atoms. The van der Waals surface area contributed by atoms with Crippen molar-refractivity contribution >= 4 is 23.4 Å². The molecular weight excluding hydrogens is 342 g/mol. The zero-order valence-electron chi connectivity index (χ0n) is 14.5. The minimum Gasteiger partial charge on any atom is -0.339 e. The molecule has 3 aromatic rings. The van der Waals surface area contributed by atoms with Crippen molar-refractivity contribution in [1.82, 2.24) is 25.1 Å². The number of benzene rings is 1. The fraction of sp³-hybridized carbons (Fsp3) is 0.222. The Morgan fingerprint density at radius 1 is 0.963 bits per heavy atom. The molecule has 9 heteroatoms. The summed E-state index contributed by atoms with van der Waals surface area (Å²) in [5.41, 5.74) is 1.37. The molecular formula is C18H17N9. The van der Waals surface area contributed by atoms with Crippen molar-refractivity contribution in [2.75, 3.05) is 41.3 Å². The SMILES string of the molecule is N#Cc1cccc(Nc2cnnc(N3CCN(c4ncccn4)CC3)n2)c1. The fourth-order valence-electron chi connectivity index (χ4n) is 2.86. The summed E-state index contributed by atoms with van der Waals surface area (Å²) in [6.45, 7) is 3.09. The first-order valence-corrected chi connectivity index (χ1v) is 8.56. The van der Waals surface area contributed by atoms with E-state index in [-0.39, 0.29) is 0 Å². The maximum absolute atomic E-state index is 9.01. The molecule has 0 saturated carbocycles. The summed E-state index contributed by atoms with van der Waals surface area (Å²) in [5.74, 6) is 1.90. The number of hydrogen-bond donors (Lipinski definition) is 1. The fourth-order valence-corrected chi connectivity index (χ4v) is 2.86. The number of piperazine rings is 1. The summed E-state index contributed by atoms with van der Waals surface area (Å²) in [5, 5.41) is 20.4. The molecule has 9 nitrogen and oxygen atoms in total. The number of rotatable bonds is 4. The third kappa shape index (κ3) is 3.90. The second kappa shape index (κ2) is 7.61. The summed E-state index contributed by atoms with van der Waals surface area (Å²) >= 11 is 0. The highest BCUT2D eigenvalue weighted by Gasteiger charge is 2.21. The van der Waals surface area contributed by atoms with E-state index in [9.17, 15) is 0 Å². The van der Waals surface area contributed by atoms with Gasteiger partial charge in [0.25, 0.3) is 0 Å². The lowest BCUT2D eigenvalue weighted by molar-refractivity contribution is 0.624. The molecule has 3 heterocycles. The predicted octanol–water partition coefficient (Wildman–Crippen LogP) is 1.60. The van der Waals surface area contributed by atoms with E-state index in [1.807, 2.05) is 18.2 Å². The van der Waals surface area contributed by atoms with Crippen LogP contribution >= 0.6 is 0 Å². The molecule has 1 N–H and O–H groups in total. The molecule has 0 unspecified atom stereocenters. The molecule has 134 valence electrons. The average Bonchev–Trinajstić information content (AvgIpc) is 2.75. The quantitative estimate of drug-likeness (QED) is 0.743. The van der Waals surface area contributed by atoms with Crippen LogP contribution in [0, 0.1) is 11.3 Å². The average molecular weight is 359 g/mol. The van der Waals surface area contributed by atoms with Crippen molar-refractivity contribution < 1.29 is 0 Å². The van der Waals surface area contributed by atoms with Gasteiger partial charge in [0.15, 0.2) is 5.82 Å². The van der Waals surface area contributed by atoms with Crippen LogP contribution in [0.15, 0.2) is 48.9 Å². The summed E-state index contributed by atoms with van der Waals surface area (Å²) in [7, 11) is 0. The van der Waals surface area contributed by atoms with Crippen LogP contribution in [0.2, 0.25) is 0 Å². The van der Waals surface area contributed by atoms with Crippen LogP contribution in [0.4, 0.5) is 23.4 Å². The maximum atomic E-state index is 9.01. The van der Waals surface area contributed by atoms with Crippen LogP contribution in [-0.4, -0.2) is 51.3 Å². The Hall–Kier alpha value is -3.80. The third-order valence-corrected chi connectivity index (χ3v) is 4.21. The van der Waals surface area contributed by atoms with Crippen molar-refractivity contribution in [3.05, 3.63) is 54.5 Å². The smallest absolute Gasteiger partial charge is 0.247 e. The van der Waals surface area contributed by atoms with Gasteiger partial charge in [0.05, 0.1) is 17.8 Å². The van der Waals surface area contributed by atoms with Gasteiger partial charge >= 0.3 is 0 Å². The van der Waals surface area contributed by atoms with E-state index in [4.69, 9.17) is 5.26 Å². The number of aromatic nitrogens is 5. The van der Waals surface area contributed by atoms with E-state index in [2.05, 4.69) is 46.3 Å². The predicted molar refractivity (Wildman–Crippen MR) is 101 cm³/mol. The Bertz CT molecular complexity index is 946. The first-order valence-electron chi connectivity index (χ1n) is 8.56. The monoisotopic (exact) mass is 359 g/mol. The lowest BCUT2D eigenvalue weighted by atomic mass is 10.2. The normalized spacial score (nSPS) is 13.9. The van der Waals surface area contributed by atoms with E-state index in [1.165, 1.54) is 0 Å². The zero-order chi connectivity index (χ0) is 18.5. The van der Waals surface area contributed by atoms with Crippen LogP contribution in [-0.2, 0) is 0 Å². The summed E-state index contributed by atoms with van der Waals surface area (Å²) < 4.78 is 0. The largest absolute Gasteiger partial charge is 0.339 e. The third-order valence-electron chi connectivity index (χ3n) is 4.21. The van der Waals surface area contributed by atoms with Crippen LogP contribution < -0.4 is 15.1 Å². The molecule has 0 radical (unpaired) electrons. The lowest BCUT2D eigenvalue weighted by Crippen LogP contribution is -2.47. The molecule has 1 aliphatic rings. The molecule has 0 bridgehead atoms. The van der Waals surface area contributed by atoms with E-state index in [0.717, 1.165) is 37.8 Å². The van der Waals surface area contributed by atoms with Gasteiger partial charge in [-0.2, -0.15) is 15.3 Å². The summed E-state index contributed by atoms with van der Waals surface area (Å²) in [4.78, 5) is 17.4. The summed E-state index contributed by atoms with van der Waals surface area (Å²) in [6, 6.07) is 11.1. The molecule has 27 heavy (non-hydrogen) atoms. The Kier molecular flexibility index (Phi) is 4.70. The van der Waals surface area contributed by atoms with Gasteiger partial charge in [-0.15, -0.1) is 5.10 Å². The highest BCUT2D eigenvalue weighted by molar-refractivity contribution is 5.58. The first kappa shape index (κ1) is 16.7. The van der Waals surface area contributed by atoms with Gasteiger partial charge in [0.2, 0.25) is 11.9 Å². The Morgan fingerprint density at radius 2 is 1.70 bits per heavy atom. The molecule has 1 fully saturated rings. The minimum atomic E-state index is 0.574. The van der Waals surface area contributed by atoms with Crippen LogP contribution in [0.5, 0.6) is 0 Å². The van der Waals surface area contributed by atoms with E-state index < -0.39 is 0 Å². The first-order chi connectivity index (χ1) is 13.3. The highest BCUT2D eigenvalue weighted by Crippen LogP contribution is 2.18. The van der Waals surface area contributed by atoms with E-state index in [1.54, 1.807) is 30.7 Å². The van der Waals surface area contributed by atoms with Crippen molar-refractivity contribution in [2.24, 2.45) is 0 Å². The van der Waals surface area contributed by atoms with Gasteiger partial charge < -0.3 is 15.1 Å². The van der Waals surface area contributed by atoms with E-state index in [0.29, 0.717) is 17.3 Å². The molecule has 1 aromatic carbocycles. The van der Waals surface area contributed by atoms with Gasteiger partial charge in [0.1, 0.15) is 0 Å². The summed E-state index contributed by atoms with van der Waals surface area (Å²) in [6.07, 6.45) is 5.06. The molecule has 0 atom stereocenters. The van der Waals surface area contributed by atoms with Crippen LogP contribution in [0.3, 0.4) is 0 Å². The number of nitrogens with zero attached hydrogens (tertiary/aromatic N) is 8. The lowest BCUT2D eigenvalue weighted by Gasteiger charge is -2.34. The van der Waals surface area contributed by atoms with Crippen molar-refractivity contribution in [1.29, 1.82) is 5.26 Å². The maximum Gasteiger partial charge on any atom is 0.247 e. The van der Waals surface area contributed by atoms with Crippen LogP contribution in [0.1, 0.15) is 5.56 Å². The Morgan fingerprint density at radius 3 is 2.44 bits per heavy atom. The number of anilines is 4. The molecule has 0 aliphatic carbocycles. The topological polar surface area (TPSA) is 107 Å². The van der Waals surface area contributed by atoms with Crippen molar-refractivity contribution in [2.45, 2.75) is 0 Å². The van der Waals surface area contributed by atoms with Gasteiger partial charge in [-0.05, 0) is 24.3 Å². The Labute approximate surface area is 156 Å². The number of nitrogens with one attached hydrogen (secondary N) is 1. The number of hydrogen-bond acceptors (Lipinski definition) is 9. The molecule has 2 aromatic heterocycles. The second-order valence-electron chi connectivity index (χ2n) is 5.98. The molecule has 4 rings (SSSR count). The van der Waals surface area contributed by atoms with Gasteiger partial charge in [-0.3, -0.25) is 0 Å². The Balaban J connectivity index is 1.43. The van der Waals surface area contributed by atoms with Crippen LogP contribution in [0.25, 0.3) is 0 Å². The minimum absolute atomic E-state index is 0.574. The van der Waals surface area contributed by atoms with E-state index >= 15 is 0 Å². The zero-order valence-corrected chi connectivity index (χ0v) is 14.5. The van der Waals surface area contributed by atoms with Gasteiger partial charge in [-0.1, -0.05) is 6.07 Å². The standard InChI is InChI=1S/C18H17N9/c19-12-14-3-1-4-15(11-14)23-16-13-22-25-18(24-16)27-9-7-26(8-10-27)17-20-5-2-6-21-17/h1-6,11,13H,7-10H2,(H,23,24,25). The highest BCUT2D eigenvalue weighted by atomic mass is 15.4. The van der Waals surface area contributed by atoms with Gasteiger partial charge in [0, 0.05) is 44.3 Å². The molecule has 1 saturated heterocycles. The van der Waals surface area contributed by atoms with Gasteiger partial charge in [-0.25, -0.2) is 9.97 Å².